The number of benzene rings is 1. The van der Waals surface area contributed by atoms with E-state index in [1.807, 2.05) is 26.0 Å². The van der Waals surface area contributed by atoms with E-state index in [9.17, 15) is 4.79 Å². The number of nitrogens with zero attached hydrogens (tertiary/aromatic N) is 1. The molecule has 1 heterocycles. The first-order valence-corrected chi connectivity index (χ1v) is 8.32. The fraction of sp³-hybridized carbons (Fsp3) is 0.611. The summed E-state index contributed by atoms with van der Waals surface area (Å²) in [4.78, 5) is 14.9. The Morgan fingerprint density at radius 3 is 2.64 bits per heavy atom. The summed E-state index contributed by atoms with van der Waals surface area (Å²) in [5, 5.41) is 3.33. The van der Waals surface area contributed by atoms with E-state index in [-0.39, 0.29) is 5.78 Å². The van der Waals surface area contributed by atoms with Crippen molar-refractivity contribution in [3.63, 3.8) is 0 Å². The number of hydrogen-bond donors (Lipinski definition) is 1. The molecular weight excluding hydrogens is 276 g/mol. The van der Waals surface area contributed by atoms with Gasteiger partial charge in [0, 0.05) is 44.7 Å². The van der Waals surface area contributed by atoms with E-state index in [1.54, 1.807) is 0 Å². The SMILES string of the molecule is CCCOc1cc(C)c(C(=O)CCN2CCNCC2)cc1C. The van der Waals surface area contributed by atoms with Gasteiger partial charge < -0.3 is 15.0 Å². The second kappa shape index (κ2) is 8.30. The van der Waals surface area contributed by atoms with Crippen molar-refractivity contribution in [1.82, 2.24) is 10.2 Å². The molecule has 0 amide bonds. The molecule has 0 aliphatic carbocycles. The molecule has 1 aliphatic heterocycles. The molecule has 1 N–H and O–H groups in total. The van der Waals surface area contributed by atoms with Gasteiger partial charge in [-0.05, 0) is 43.5 Å². The predicted octanol–water partition coefficient (Wildman–Crippen LogP) is 2.57. The van der Waals surface area contributed by atoms with Crippen LogP contribution in [0, 0.1) is 13.8 Å². The molecule has 0 unspecified atom stereocenters. The summed E-state index contributed by atoms with van der Waals surface area (Å²) >= 11 is 0. The predicted molar refractivity (Wildman–Crippen MR) is 90.0 cm³/mol. The lowest BCUT2D eigenvalue weighted by atomic mass is 9.99. The van der Waals surface area contributed by atoms with Crippen molar-refractivity contribution in [3.05, 3.63) is 28.8 Å². The number of carbonyl (C=O) groups is 1. The van der Waals surface area contributed by atoms with Gasteiger partial charge in [-0.1, -0.05) is 6.92 Å². The molecule has 1 aliphatic rings. The number of ether oxygens (including phenoxy) is 1. The zero-order chi connectivity index (χ0) is 15.9. The van der Waals surface area contributed by atoms with Gasteiger partial charge >= 0.3 is 0 Å². The molecule has 1 aromatic carbocycles. The molecule has 4 heteroatoms. The lowest BCUT2D eigenvalue weighted by molar-refractivity contribution is 0.0960. The Balaban J connectivity index is 1.98. The summed E-state index contributed by atoms with van der Waals surface area (Å²) in [7, 11) is 0. The molecule has 0 bridgehead atoms. The van der Waals surface area contributed by atoms with Gasteiger partial charge in [0.1, 0.15) is 5.75 Å². The van der Waals surface area contributed by atoms with Gasteiger partial charge in [0.15, 0.2) is 5.78 Å². The summed E-state index contributed by atoms with van der Waals surface area (Å²) in [5.41, 5.74) is 2.91. The fourth-order valence-electron chi connectivity index (χ4n) is 2.79. The molecule has 0 radical (unpaired) electrons. The van der Waals surface area contributed by atoms with Crippen LogP contribution in [0.1, 0.15) is 41.3 Å². The minimum atomic E-state index is 0.237. The Kier molecular flexibility index (Phi) is 6.40. The lowest BCUT2D eigenvalue weighted by Gasteiger charge is -2.26. The van der Waals surface area contributed by atoms with Crippen molar-refractivity contribution < 1.29 is 9.53 Å². The lowest BCUT2D eigenvalue weighted by Crippen LogP contribution is -2.44. The maximum atomic E-state index is 12.5. The maximum absolute atomic E-state index is 12.5. The molecule has 0 aromatic heterocycles. The van der Waals surface area contributed by atoms with E-state index < -0.39 is 0 Å². The van der Waals surface area contributed by atoms with Crippen molar-refractivity contribution in [3.8, 4) is 5.75 Å². The van der Waals surface area contributed by atoms with Crippen LogP contribution in [0.3, 0.4) is 0 Å². The average molecular weight is 304 g/mol. The average Bonchev–Trinajstić information content (AvgIpc) is 2.54. The molecule has 0 atom stereocenters. The summed E-state index contributed by atoms with van der Waals surface area (Å²) < 4.78 is 5.73. The largest absolute Gasteiger partial charge is 0.493 e. The van der Waals surface area contributed by atoms with Crippen LogP contribution < -0.4 is 10.1 Å². The second-order valence-electron chi connectivity index (χ2n) is 6.05. The summed E-state index contributed by atoms with van der Waals surface area (Å²) in [5.74, 6) is 1.14. The highest BCUT2D eigenvalue weighted by Gasteiger charge is 2.15. The minimum Gasteiger partial charge on any atom is -0.493 e. The van der Waals surface area contributed by atoms with Gasteiger partial charge in [-0.25, -0.2) is 0 Å². The quantitative estimate of drug-likeness (QED) is 0.786. The molecule has 0 spiro atoms. The number of aryl methyl sites for hydroxylation is 2. The number of ketones is 1. The molecule has 4 nitrogen and oxygen atoms in total. The van der Waals surface area contributed by atoms with Gasteiger partial charge in [0.2, 0.25) is 0 Å². The van der Waals surface area contributed by atoms with Gasteiger partial charge in [0.05, 0.1) is 6.61 Å². The van der Waals surface area contributed by atoms with Crippen LogP contribution >= 0.6 is 0 Å². The summed E-state index contributed by atoms with van der Waals surface area (Å²) in [6, 6.07) is 3.99. The van der Waals surface area contributed by atoms with Gasteiger partial charge in [0.25, 0.3) is 0 Å². The number of hydrogen-bond acceptors (Lipinski definition) is 4. The van der Waals surface area contributed by atoms with Gasteiger partial charge in [-0.15, -0.1) is 0 Å². The van der Waals surface area contributed by atoms with E-state index in [0.717, 1.165) is 68.2 Å². The van der Waals surface area contributed by atoms with Crippen LogP contribution in [0.2, 0.25) is 0 Å². The fourth-order valence-corrected chi connectivity index (χ4v) is 2.79. The molecule has 22 heavy (non-hydrogen) atoms. The number of Topliss-reactive ketones (excluding diaryl/α,β-unsaturated/α-hetero) is 1. The Labute approximate surface area is 133 Å². The summed E-state index contributed by atoms with van der Waals surface area (Å²) in [6.45, 7) is 11.8. The number of nitrogens with one attached hydrogen (secondary N) is 1. The van der Waals surface area contributed by atoms with Crippen LogP contribution in [0.15, 0.2) is 12.1 Å². The van der Waals surface area contributed by atoms with Crippen LogP contribution in [-0.4, -0.2) is 50.0 Å². The Bertz CT molecular complexity index is 508. The van der Waals surface area contributed by atoms with E-state index in [4.69, 9.17) is 4.74 Å². The molecule has 0 saturated carbocycles. The third kappa shape index (κ3) is 4.55. The molecule has 122 valence electrons. The molecule has 1 aromatic rings. The van der Waals surface area contributed by atoms with Gasteiger partial charge in [-0.3, -0.25) is 4.79 Å². The zero-order valence-electron chi connectivity index (χ0n) is 14.1. The first kappa shape index (κ1) is 17.0. The zero-order valence-corrected chi connectivity index (χ0v) is 14.1. The van der Waals surface area contributed by atoms with Crippen molar-refractivity contribution in [1.29, 1.82) is 0 Å². The van der Waals surface area contributed by atoms with E-state index in [1.165, 1.54) is 0 Å². The first-order chi connectivity index (χ1) is 10.6. The monoisotopic (exact) mass is 304 g/mol. The minimum absolute atomic E-state index is 0.237. The third-order valence-electron chi connectivity index (χ3n) is 4.15. The molecule has 1 fully saturated rings. The van der Waals surface area contributed by atoms with Crippen molar-refractivity contribution in [2.45, 2.75) is 33.6 Å². The Morgan fingerprint density at radius 2 is 1.95 bits per heavy atom. The van der Waals surface area contributed by atoms with Crippen molar-refractivity contribution in [2.75, 3.05) is 39.3 Å². The normalized spacial score (nSPS) is 15.8. The highest BCUT2D eigenvalue weighted by molar-refractivity contribution is 5.98. The second-order valence-corrected chi connectivity index (χ2v) is 6.05. The number of carbonyl (C=O) groups excluding carboxylic acids is 1. The third-order valence-corrected chi connectivity index (χ3v) is 4.15. The van der Waals surface area contributed by atoms with Crippen LogP contribution in [-0.2, 0) is 0 Å². The molecular formula is C18H28N2O2. The maximum Gasteiger partial charge on any atom is 0.164 e. The Morgan fingerprint density at radius 1 is 1.23 bits per heavy atom. The van der Waals surface area contributed by atoms with Gasteiger partial charge in [-0.2, -0.15) is 0 Å². The standard InChI is InChI=1S/C18H28N2O2/c1-4-11-22-18-13-14(2)16(12-15(18)3)17(21)5-8-20-9-6-19-7-10-20/h12-13,19H,4-11H2,1-3H3. The van der Waals surface area contributed by atoms with Crippen molar-refractivity contribution in [2.24, 2.45) is 0 Å². The summed E-state index contributed by atoms with van der Waals surface area (Å²) in [6.07, 6.45) is 1.58. The van der Waals surface area contributed by atoms with Crippen LogP contribution in [0.4, 0.5) is 0 Å². The van der Waals surface area contributed by atoms with E-state index in [0.29, 0.717) is 6.42 Å². The highest BCUT2D eigenvalue weighted by atomic mass is 16.5. The first-order valence-electron chi connectivity index (χ1n) is 8.32. The Hall–Kier alpha value is -1.39. The molecule has 1 saturated heterocycles. The van der Waals surface area contributed by atoms with E-state index >= 15 is 0 Å². The van der Waals surface area contributed by atoms with Crippen molar-refractivity contribution >= 4 is 5.78 Å². The molecule has 2 rings (SSSR count). The number of rotatable bonds is 7. The number of piperazine rings is 1. The van der Waals surface area contributed by atoms with E-state index in [2.05, 4.69) is 17.1 Å². The highest BCUT2D eigenvalue weighted by Crippen LogP contribution is 2.24. The smallest absolute Gasteiger partial charge is 0.164 e. The van der Waals surface area contributed by atoms with Crippen LogP contribution in [0.25, 0.3) is 0 Å². The van der Waals surface area contributed by atoms with Crippen LogP contribution in [0.5, 0.6) is 5.75 Å². The topological polar surface area (TPSA) is 41.6 Å².